The quantitative estimate of drug-likeness (QED) is 0.881. The summed E-state index contributed by atoms with van der Waals surface area (Å²) in [5.41, 5.74) is 2.55. The van der Waals surface area contributed by atoms with Crippen molar-refractivity contribution < 1.29 is 4.79 Å². The van der Waals surface area contributed by atoms with E-state index in [1.165, 1.54) is 11.1 Å². The predicted molar refractivity (Wildman–Crippen MR) is 100.0 cm³/mol. The lowest BCUT2D eigenvalue weighted by Crippen LogP contribution is -2.43. The van der Waals surface area contributed by atoms with Gasteiger partial charge in [-0.1, -0.05) is 30.3 Å². The van der Waals surface area contributed by atoms with Gasteiger partial charge in [0.2, 0.25) is 5.91 Å². The zero-order valence-electron chi connectivity index (χ0n) is 14.9. The smallest absolute Gasteiger partial charge is 0.223 e. The molecule has 25 heavy (non-hydrogen) atoms. The van der Waals surface area contributed by atoms with Gasteiger partial charge in [-0.3, -0.25) is 14.7 Å². The van der Waals surface area contributed by atoms with Crippen molar-refractivity contribution in [3.05, 3.63) is 66.0 Å². The molecule has 132 valence electrons. The number of amides is 1. The fourth-order valence-corrected chi connectivity index (χ4v) is 3.48. The molecule has 1 unspecified atom stereocenters. The minimum atomic E-state index is 0.145. The molecule has 0 spiro atoms. The van der Waals surface area contributed by atoms with Crippen molar-refractivity contribution in [1.29, 1.82) is 0 Å². The Bertz CT molecular complexity index is 651. The number of hydrogen-bond donors (Lipinski definition) is 1. The van der Waals surface area contributed by atoms with Crippen LogP contribution in [0.3, 0.4) is 0 Å². The van der Waals surface area contributed by atoms with Crippen LogP contribution in [0.2, 0.25) is 0 Å². The van der Waals surface area contributed by atoms with Crippen LogP contribution in [0.25, 0.3) is 0 Å². The molecule has 1 atom stereocenters. The van der Waals surface area contributed by atoms with E-state index in [0.29, 0.717) is 0 Å². The highest BCUT2D eigenvalue weighted by molar-refractivity contribution is 5.79. The lowest BCUT2D eigenvalue weighted by Gasteiger charge is -2.32. The standard InChI is InChI=1S/C21H27N3O/c1-17(15-18-7-11-22-12-8-18)23-21(25)20-9-13-24(14-10-20)16-19-5-3-2-4-6-19/h2-8,11-12,17,20H,9-10,13-16H2,1H3,(H,23,25). The van der Waals surface area contributed by atoms with Crippen LogP contribution in [0.15, 0.2) is 54.9 Å². The first-order valence-electron chi connectivity index (χ1n) is 9.16. The molecular formula is C21H27N3O. The van der Waals surface area contributed by atoms with Gasteiger partial charge in [0.05, 0.1) is 0 Å². The summed E-state index contributed by atoms with van der Waals surface area (Å²) < 4.78 is 0. The number of rotatable bonds is 6. The van der Waals surface area contributed by atoms with Crippen molar-refractivity contribution >= 4 is 5.91 Å². The molecule has 1 amide bonds. The van der Waals surface area contributed by atoms with Gasteiger partial charge in [-0.2, -0.15) is 0 Å². The Morgan fingerprint density at radius 1 is 1.12 bits per heavy atom. The van der Waals surface area contributed by atoms with Crippen molar-refractivity contribution in [2.24, 2.45) is 5.92 Å². The Morgan fingerprint density at radius 2 is 1.80 bits per heavy atom. The number of benzene rings is 1. The number of hydrogen-bond acceptors (Lipinski definition) is 3. The van der Waals surface area contributed by atoms with Gasteiger partial charge in [-0.25, -0.2) is 0 Å². The molecule has 4 nitrogen and oxygen atoms in total. The minimum absolute atomic E-state index is 0.145. The van der Waals surface area contributed by atoms with Gasteiger partial charge in [-0.05, 0) is 62.5 Å². The van der Waals surface area contributed by atoms with E-state index in [1.54, 1.807) is 12.4 Å². The van der Waals surface area contributed by atoms with Crippen LogP contribution in [-0.4, -0.2) is 34.9 Å². The zero-order chi connectivity index (χ0) is 17.5. The van der Waals surface area contributed by atoms with E-state index < -0.39 is 0 Å². The number of pyridine rings is 1. The number of piperidine rings is 1. The number of carbonyl (C=O) groups excluding carboxylic acids is 1. The molecule has 1 aliphatic heterocycles. The maximum atomic E-state index is 12.5. The van der Waals surface area contributed by atoms with Gasteiger partial charge < -0.3 is 5.32 Å². The first-order chi connectivity index (χ1) is 12.2. The van der Waals surface area contributed by atoms with E-state index in [2.05, 4.69) is 46.4 Å². The van der Waals surface area contributed by atoms with Crippen LogP contribution in [0.5, 0.6) is 0 Å². The second-order valence-corrected chi connectivity index (χ2v) is 7.01. The van der Waals surface area contributed by atoms with Crippen LogP contribution in [0, 0.1) is 5.92 Å². The highest BCUT2D eigenvalue weighted by Crippen LogP contribution is 2.19. The van der Waals surface area contributed by atoms with Gasteiger partial charge in [0.15, 0.2) is 0 Å². The normalized spacial score (nSPS) is 17.2. The molecule has 1 fully saturated rings. The molecule has 0 saturated carbocycles. The Morgan fingerprint density at radius 3 is 2.48 bits per heavy atom. The fourth-order valence-electron chi connectivity index (χ4n) is 3.48. The summed E-state index contributed by atoms with van der Waals surface area (Å²) in [6.07, 6.45) is 6.33. The van der Waals surface area contributed by atoms with Crippen molar-refractivity contribution in [2.45, 2.75) is 38.8 Å². The third kappa shape index (κ3) is 5.40. The highest BCUT2D eigenvalue weighted by Gasteiger charge is 2.25. The van der Waals surface area contributed by atoms with Crippen LogP contribution in [-0.2, 0) is 17.8 Å². The second kappa shape index (κ2) is 8.77. The van der Waals surface area contributed by atoms with E-state index in [1.807, 2.05) is 18.2 Å². The number of carbonyl (C=O) groups is 1. The van der Waals surface area contributed by atoms with Gasteiger partial charge in [0.1, 0.15) is 0 Å². The van der Waals surface area contributed by atoms with Crippen molar-refractivity contribution in [1.82, 2.24) is 15.2 Å². The number of nitrogens with zero attached hydrogens (tertiary/aromatic N) is 2. The molecule has 3 rings (SSSR count). The molecule has 0 aliphatic carbocycles. The Labute approximate surface area is 150 Å². The van der Waals surface area contributed by atoms with Gasteiger partial charge >= 0.3 is 0 Å². The molecule has 1 saturated heterocycles. The number of likely N-dealkylation sites (tertiary alicyclic amines) is 1. The van der Waals surface area contributed by atoms with Gasteiger partial charge in [-0.15, -0.1) is 0 Å². The highest BCUT2D eigenvalue weighted by atomic mass is 16.1. The molecular weight excluding hydrogens is 310 g/mol. The van der Waals surface area contributed by atoms with E-state index in [9.17, 15) is 4.79 Å². The average molecular weight is 337 g/mol. The third-order valence-electron chi connectivity index (χ3n) is 4.89. The molecule has 1 aromatic heterocycles. The molecule has 4 heteroatoms. The van der Waals surface area contributed by atoms with Crippen molar-refractivity contribution in [3.8, 4) is 0 Å². The Balaban J connectivity index is 1.42. The molecule has 0 bridgehead atoms. The van der Waals surface area contributed by atoms with Crippen LogP contribution < -0.4 is 5.32 Å². The summed E-state index contributed by atoms with van der Waals surface area (Å²) in [6, 6.07) is 14.7. The maximum Gasteiger partial charge on any atom is 0.223 e. The van der Waals surface area contributed by atoms with Crippen LogP contribution in [0.1, 0.15) is 30.9 Å². The summed E-state index contributed by atoms with van der Waals surface area (Å²) in [5, 5.41) is 3.18. The van der Waals surface area contributed by atoms with Crippen molar-refractivity contribution in [3.63, 3.8) is 0 Å². The van der Waals surface area contributed by atoms with Gasteiger partial charge in [0.25, 0.3) is 0 Å². The van der Waals surface area contributed by atoms with Crippen molar-refractivity contribution in [2.75, 3.05) is 13.1 Å². The summed E-state index contributed by atoms with van der Waals surface area (Å²) in [5.74, 6) is 0.354. The van der Waals surface area contributed by atoms with E-state index >= 15 is 0 Å². The lowest BCUT2D eigenvalue weighted by atomic mass is 9.95. The summed E-state index contributed by atoms with van der Waals surface area (Å²) in [6.45, 7) is 5.04. The van der Waals surface area contributed by atoms with E-state index in [0.717, 1.165) is 38.9 Å². The molecule has 1 aromatic carbocycles. The molecule has 0 radical (unpaired) electrons. The van der Waals surface area contributed by atoms with E-state index in [-0.39, 0.29) is 17.9 Å². The first kappa shape index (κ1) is 17.6. The molecule has 1 N–H and O–H groups in total. The summed E-state index contributed by atoms with van der Waals surface area (Å²) in [4.78, 5) is 19.0. The first-order valence-corrected chi connectivity index (χ1v) is 9.16. The Kier molecular flexibility index (Phi) is 6.18. The molecule has 1 aliphatic rings. The predicted octanol–water partition coefficient (Wildman–Crippen LogP) is 3.04. The number of aromatic nitrogens is 1. The summed E-state index contributed by atoms with van der Waals surface area (Å²) >= 11 is 0. The van der Waals surface area contributed by atoms with E-state index in [4.69, 9.17) is 0 Å². The minimum Gasteiger partial charge on any atom is -0.353 e. The zero-order valence-corrected chi connectivity index (χ0v) is 14.9. The molecule has 2 heterocycles. The monoisotopic (exact) mass is 337 g/mol. The van der Waals surface area contributed by atoms with Gasteiger partial charge in [0, 0.05) is 30.9 Å². The summed E-state index contributed by atoms with van der Waals surface area (Å²) in [7, 11) is 0. The molecule has 2 aromatic rings. The number of nitrogens with one attached hydrogen (secondary N) is 1. The third-order valence-corrected chi connectivity index (χ3v) is 4.89. The SMILES string of the molecule is CC(Cc1ccncc1)NC(=O)C1CCN(Cc2ccccc2)CC1. The fraction of sp³-hybridized carbons (Fsp3) is 0.429. The van der Waals surface area contributed by atoms with Crippen LogP contribution in [0.4, 0.5) is 0 Å². The largest absolute Gasteiger partial charge is 0.353 e. The van der Waals surface area contributed by atoms with Crippen LogP contribution >= 0.6 is 0 Å². The maximum absolute atomic E-state index is 12.5. The average Bonchev–Trinajstić information content (AvgIpc) is 2.64. The lowest BCUT2D eigenvalue weighted by molar-refractivity contribution is -0.127. The Hall–Kier alpha value is -2.20. The second-order valence-electron chi connectivity index (χ2n) is 7.01. The topological polar surface area (TPSA) is 45.2 Å².